The molecule has 2 saturated heterocycles. The van der Waals surface area contributed by atoms with Crippen molar-refractivity contribution in [2.24, 2.45) is 17.8 Å². The van der Waals surface area contributed by atoms with Crippen LogP contribution in [0.5, 0.6) is 0 Å². The maximum atomic E-state index is 11.7. The molecule has 0 spiro atoms. The van der Waals surface area contributed by atoms with Crippen molar-refractivity contribution in [3.05, 3.63) is 60.2 Å². The Bertz CT molecular complexity index is 1180. The number of benzene rings is 2. The van der Waals surface area contributed by atoms with Gasteiger partial charge in [-0.05, 0) is 74.5 Å². The predicted molar refractivity (Wildman–Crippen MR) is 141 cm³/mol. The molecule has 0 bridgehead atoms. The standard InChI is InChI=1S/C29H37N3O3S/c1-36(34,35)26-12-10-25(11-13-26)32-19-22(20-32)18-31-16-14-24(15-17-31)29(21-30,23-6-3-2-4-7-23)27-8-5-9-28(27)33/h2-4,6-7,10-13,22,24,27-28,33H,5,8-9,14-20H2,1H3/t27-,28-,29?/m0/s1. The van der Waals surface area contributed by atoms with Gasteiger partial charge in [0, 0.05) is 43.4 Å². The molecule has 1 saturated carbocycles. The number of hydrogen-bond acceptors (Lipinski definition) is 6. The molecule has 1 N–H and O–H groups in total. The van der Waals surface area contributed by atoms with Crippen LogP contribution in [-0.2, 0) is 15.3 Å². The Balaban J connectivity index is 1.19. The first kappa shape index (κ1) is 25.3. The van der Waals surface area contributed by atoms with Crippen LogP contribution in [0, 0.1) is 29.1 Å². The molecule has 3 aliphatic rings. The monoisotopic (exact) mass is 507 g/mol. The Labute approximate surface area is 215 Å². The molecule has 2 aromatic rings. The summed E-state index contributed by atoms with van der Waals surface area (Å²) < 4.78 is 23.4. The summed E-state index contributed by atoms with van der Waals surface area (Å²) in [5, 5.41) is 21.4. The second kappa shape index (κ2) is 10.2. The van der Waals surface area contributed by atoms with E-state index in [0.29, 0.717) is 10.8 Å². The van der Waals surface area contributed by atoms with E-state index in [2.05, 4.69) is 28.0 Å². The molecule has 1 aliphatic carbocycles. The summed E-state index contributed by atoms with van der Waals surface area (Å²) in [6.07, 6.45) is 5.53. The number of piperidine rings is 1. The van der Waals surface area contributed by atoms with Crippen LogP contribution in [0.4, 0.5) is 5.69 Å². The van der Waals surface area contributed by atoms with E-state index in [-0.39, 0.29) is 11.8 Å². The Hall–Kier alpha value is -2.40. The molecular weight excluding hydrogens is 470 g/mol. The van der Waals surface area contributed by atoms with Crippen LogP contribution < -0.4 is 4.90 Å². The highest BCUT2D eigenvalue weighted by atomic mass is 32.2. The zero-order chi connectivity index (χ0) is 25.3. The lowest BCUT2D eigenvalue weighted by Gasteiger charge is -2.47. The fourth-order valence-electron chi connectivity index (χ4n) is 6.91. The predicted octanol–water partition coefficient (Wildman–Crippen LogP) is 3.86. The van der Waals surface area contributed by atoms with Crippen LogP contribution >= 0.6 is 0 Å². The summed E-state index contributed by atoms with van der Waals surface area (Å²) in [5.74, 6) is 0.864. The molecule has 3 fully saturated rings. The third-order valence-corrected chi connectivity index (χ3v) is 9.96. The van der Waals surface area contributed by atoms with Gasteiger partial charge >= 0.3 is 0 Å². The normalized spacial score (nSPS) is 25.8. The van der Waals surface area contributed by atoms with E-state index in [1.54, 1.807) is 12.1 Å². The Kier molecular flexibility index (Phi) is 7.13. The summed E-state index contributed by atoms with van der Waals surface area (Å²) in [6.45, 7) is 5.01. The van der Waals surface area contributed by atoms with Gasteiger partial charge in [-0.1, -0.05) is 36.8 Å². The highest BCUT2D eigenvalue weighted by Gasteiger charge is 2.51. The molecule has 0 radical (unpaired) electrons. The second-order valence-corrected chi connectivity index (χ2v) is 13.1. The lowest BCUT2D eigenvalue weighted by Crippen LogP contribution is -2.54. The van der Waals surface area contributed by atoms with Crippen LogP contribution in [0.3, 0.4) is 0 Å². The number of nitriles is 1. The molecule has 36 heavy (non-hydrogen) atoms. The smallest absolute Gasteiger partial charge is 0.175 e. The lowest BCUT2D eigenvalue weighted by atomic mass is 9.59. The molecule has 0 amide bonds. The number of hydrogen-bond donors (Lipinski definition) is 1. The van der Waals surface area contributed by atoms with Gasteiger partial charge in [0.2, 0.25) is 0 Å². The van der Waals surface area contributed by atoms with Crippen LogP contribution in [-0.4, -0.2) is 63.5 Å². The Morgan fingerprint density at radius 1 is 1.00 bits per heavy atom. The van der Waals surface area contributed by atoms with E-state index in [1.807, 2.05) is 30.3 Å². The van der Waals surface area contributed by atoms with Crippen molar-refractivity contribution in [3.63, 3.8) is 0 Å². The van der Waals surface area contributed by atoms with Gasteiger partial charge in [-0.15, -0.1) is 0 Å². The van der Waals surface area contributed by atoms with Crippen molar-refractivity contribution in [3.8, 4) is 6.07 Å². The van der Waals surface area contributed by atoms with E-state index in [1.165, 1.54) is 6.26 Å². The van der Waals surface area contributed by atoms with E-state index in [0.717, 1.165) is 76.1 Å². The SMILES string of the molecule is CS(=O)(=O)c1ccc(N2CC(CN3CCC(C(C#N)(c4ccccc4)[C@H]4CCC[C@@H]4O)CC3)C2)cc1. The van der Waals surface area contributed by atoms with Crippen LogP contribution in [0.25, 0.3) is 0 Å². The van der Waals surface area contributed by atoms with Gasteiger partial charge in [-0.3, -0.25) is 0 Å². The summed E-state index contributed by atoms with van der Waals surface area (Å²) in [4.78, 5) is 5.21. The van der Waals surface area contributed by atoms with Crippen molar-refractivity contribution in [1.29, 1.82) is 5.26 Å². The van der Waals surface area contributed by atoms with Gasteiger partial charge in [-0.2, -0.15) is 5.26 Å². The lowest BCUT2D eigenvalue weighted by molar-refractivity contribution is 0.0483. The first-order valence-electron chi connectivity index (χ1n) is 13.2. The minimum atomic E-state index is -3.17. The van der Waals surface area contributed by atoms with E-state index in [9.17, 15) is 18.8 Å². The average Bonchev–Trinajstić information content (AvgIpc) is 3.29. The molecule has 1 unspecified atom stereocenters. The Morgan fingerprint density at radius 2 is 1.67 bits per heavy atom. The third-order valence-electron chi connectivity index (χ3n) is 8.84. The number of anilines is 1. The molecule has 2 aliphatic heterocycles. The first-order chi connectivity index (χ1) is 17.3. The van der Waals surface area contributed by atoms with Crippen molar-refractivity contribution >= 4 is 15.5 Å². The molecule has 192 valence electrons. The van der Waals surface area contributed by atoms with E-state index in [4.69, 9.17) is 0 Å². The number of sulfone groups is 1. The first-order valence-corrected chi connectivity index (χ1v) is 15.1. The van der Waals surface area contributed by atoms with Gasteiger partial charge < -0.3 is 14.9 Å². The molecule has 2 heterocycles. The van der Waals surface area contributed by atoms with Crippen LogP contribution in [0.15, 0.2) is 59.5 Å². The zero-order valence-corrected chi connectivity index (χ0v) is 21.9. The Morgan fingerprint density at radius 3 is 2.22 bits per heavy atom. The summed E-state index contributed by atoms with van der Waals surface area (Å²) in [6, 6.07) is 20.2. The van der Waals surface area contributed by atoms with Crippen molar-refractivity contribution in [2.75, 3.05) is 43.9 Å². The number of likely N-dealkylation sites (tertiary alicyclic amines) is 1. The van der Waals surface area contributed by atoms with Crippen LogP contribution in [0.1, 0.15) is 37.7 Å². The average molecular weight is 508 g/mol. The quantitative estimate of drug-likeness (QED) is 0.613. The van der Waals surface area contributed by atoms with Crippen molar-refractivity contribution in [2.45, 2.75) is 48.5 Å². The minimum absolute atomic E-state index is 0.00993. The fraction of sp³-hybridized carbons (Fsp3) is 0.552. The largest absolute Gasteiger partial charge is 0.393 e. The maximum absolute atomic E-state index is 11.7. The van der Waals surface area contributed by atoms with Crippen LogP contribution in [0.2, 0.25) is 0 Å². The molecule has 2 aromatic carbocycles. The number of nitrogens with zero attached hydrogens (tertiary/aromatic N) is 3. The van der Waals surface area contributed by atoms with Gasteiger partial charge in [0.25, 0.3) is 0 Å². The molecule has 7 heteroatoms. The highest BCUT2D eigenvalue weighted by Crippen LogP contribution is 2.50. The molecule has 0 aromatic heterocycles. The van der Waals surface area contributed by atoms with Gasteiger partial charge in [0.1, 0.15) is 0 Å². The maximum Gasteiger partial charge on any atom is 0.175 e. The van der Waals surface area contributed by atoms with Gasteiger partial charge in [0.05, 0.1) is 22.5 Å². The summed E-state index contributed by atoms with van der Waals surface area (Å²) in [7, 11) is -3.17. The zero-order valence-electron chi connectivity index (χ0n) is 21.1. The topological polar surface area (TPSA) is 84.6 Å². The molecule has 5 rings (SSSR count). The van der Waals surface area contributed by atoms with Gasteiger partial charge in [-0.25, -0.2) is 8.42 Å². The number of rotatable bonds is 7. The van der Waals surface area contributed by atoms with Crippen molar-refractivity contribution < 1.29 is 13.5 Å². The molecular formula is C29H37N3O3S. The fourth-order valence-corrected chi connectivity index (χ4v) is 7.54. The highest BCUT2D eigenvalue weighted by molar-refractivity contribution is 7.90. The number of aliphatic hydroxyl groups excluding tert-OH is 1. The second-order valence-electron chi connectivity index (χ2n) is 11.1. The van der Waals surface area contributed by atoms with E-state index >= 15 is 0 Å². The van der Waals surface area contributed by atoms with Gasteiger partial charge in [0.15, 0.2) is 9.84 Å². The van der Waals surface area contributed by atoms with Crippen molar-refractivity contribution in [1.82, 2.24) is 4.90 Å². The molecule has 3 atom stereocenters. The number of aliphatic hydroxyl groups is 1. The minimum Gasteiger partial charge on any atom is -0.393 e. The molecule has 6 nitrogen and oxygen atoms in total. The summed E-state index contributed by atoms with van der Waals surface area (Å²) in [5.41, 5.74) is 1.54. The van der Waals surface area contributed by atoms with E-state index < -0.39 is 21.4 Å². The summed E-state index contributed by atoms with van der Waals surface area (Å²) >= 11 is 0. The third kappa shape index (κ3) is 4.79.